The first-order valence-electron chi connectivity index (χ1n) is 7.30. The molecule has 110 valence electrons. The Labute approximate surface area is 120 Å². The lowest BCUT2D eigenvalue weighted by atomic mass is 10.0. The van der Waals surface area contributed by atoms with Crippen LogP contribution in [0.3, 0.4) is 0 Å². The summed E-state index contributed by atoms with van der Waals surface area (Å²) >= 11 is 0. The molecule has 20 heavy (non-hydrogen) atoms. The van der Waals surface area contributed by atoms with Gasteiger partial charge in [-0.2, -0.15) is 0 Å². The van der Waals surface area contributed by atoms with E-state index in [9.17, 15) is 8.42 Å². The van der Waals surface area contributed by atoms with Gasteiger partial charge in [-0.05, 0) is 43.9 Å². The molecule has 0 radical (unpaired) electrons. The lowest BCUT2D eigenvalue weighted by Gasteiger charge is -2.35. The zero-order chi connectivity index (χ0) is 14.3. The van der Waals surface area contributed by atoms with Crippen molar-refractivity contribution in [2.45, 2.75) is 36.7 Å². The van der Waals surface area contributed by atoms with Gasteiger partial charge in [-0.15, -0.1) is 0 Å². The van der Waals surface area contributed by atoms with Crippen LogP contribution in [-0.4, -0.2) is 38.2 Å². The second kappa shape index (κ2) is 5.13. The van der Waals surface area contributed by atoms with E-state index < -0.39 is 9.84 Å². The van der Waals surface area contributed by atoms with E-state index >= 15 is 0 Å². The van der Waals surface area contributed by atoms with Gasteiger partial charge in [0.05, 0.1) is 10.6 Å². The molecule has 0 aromatic heterocycles. The Hall–Kier alpha value is -0.910. The van der Waals surface area contributed by atoms with Crippen LogP contribution in [-0.2, 0) is 9.84 Å². The predicted octanol–water partition coefficient (Wildman–Crippen LogP) is 1.57. The molecule has 0 saturated carbocycles. The van der Waals surface area contributed by atoms with Gasteiger partial charge in [0.15, 0.2) is 9.84 Å². The fraction of sp³-hybridized carbons (Fsp3) is 0.600. The van der Waals surface area contributed by atoms with Crippen molar-refractivity contribution >= 4 is 9.84 Å². The van der Waals surface area contributed by atoms with E-state index in [0.717, 1.165) is 18.5 Å². The van der Waals surface area contributed by atoms with Crippen molar-refractivity contribution in [1.82, 2.24) is 4.90 Å². The number of sulfone groups is 1. The van der Waals surface area contributed by atoms with Gasteiger partial charge >= 0.3 is 0 Å². The molecule has 1 saturated heterocycles. The topological polar surface area (TPSA) is 63.4 Å². The van der Waals surface area contributed by atoms with E-state index in [4.69, 9.17) is 5.73 Å². The highest BCUT2D eigenvalue weighted by Gasteiger charge is 2.38. The molecule has 0 spiro atoms. The van der Waals surface area contributed by atoms with Crippen LogP contribution in [0, 0.1) is 5.92 Å². The molecule has 2 heterocycles. The lowest BCUT2D eigenvalue weighted by Crippen LogP contribution is -2.36. The van der Waals surface area contributed by atoms with E-state index in [2.05, 4.69) is 11.8 Å². The Morgan fingerprint density at radius 1 is 1.35 bits per heavy atom. The number of rotatable bonds is 2. The fourth-order valence-electron chi connectivity index (χ4n) is 3.69. The molecule has 2 aliphatic rings. The molecule has 2 aliphatic heterocycles. The number of hydrogen-bond acceptors (Lipinski definition) is 4. The molecule has 3 atom stereocenters. The summed E-state index contributed by atoms with van der Waals surface area (Å²) in [5, 5.41) is 0. The molecule has 0 bridgehead atoms. The standard InChI is InChI=1S/C15H22N2O2S/c1-11-8-12(9-16)10-17(11)14-6-7-20(18,19)15-5-3-2-4-13(14)15/h2-5,11-12,14H,6-10,16H2,1H3. The minimum atomic E-state index is -3.09. The van der Waals surface area contributed by atoms with E-state index in [1.165, 1.54) is 0 Å². The van der Waals surface area contributed by atoms with Crippen LogP contribution < -0.4 is 5.73 Å². The molecular formula is C15H22N2O2S. The Balaban J connectivity index is 1.97. The summed E-state index contributed by atoms with van der Waals surface area (Å²) in [5.74, 6) is 0.793. The molecule has 5 heteroatoms. The Morgan fingerprint density at radius 2 is 2.10 bits per heavy atom. The third kappa shape index (κ3) is 2.28. The molecule has 1 aromatic rings. The van der Waals surface area contributed by atoms with Crippen molar-refractivity contribution in [3.63, 3.8) is 0 Å². The minimum absolute atomic E-state index is 0.223. The molecule has 4 nitrogen and oxygen atoms in total. The maximum absolute atomic E-state index is 12.2. The second-order valence-electron chi connectivity index (χ2n) is 6.04. The van der Waals surface area contributed by atoms with Gasteiger partial charge in [-0.3, -0.25) is 4.90 Å². The predicted molar refractivity (Wildman–Crippen MR) is 79.2 cm³/mol. The van der Waals surface area contributed by atoms with Crippen molar-refractivity contribution < 1.29 is 8.42 Å². The smallest absolute Gasteiger partial charge is 0.178 e. The zero-order valence-corrected chi connectivity index (χ0v) is 12.6. The maximum Gasteiger partial charge on any atom is 0.178 e. The fourth-order valence-corrected chi connectivity index (χ4v) is 5.29. The number of likely N-dealkylation sites (tertiary alicyclic amines) is 1. The van der Waals surface area contributed by atoms with Crippen molar-refractivity contribution in [3.05, 3.63) is 29.8 Å². The Kier molecular flexibility index (Phi) is 3.60. The number of benzene rings is 1. The summed E-state index contributed by atoms with van der Waals surface area (Å²) in [5.41, 5.74) is 6.78. The van der Waals surface area contributed by atoms with E-state index in [-0.39, 0.29) is 11.8 Å². The average molecular weight is 294 g/mol. The summed E-state index contributed by atoms with van der Waals surface area (Å²) in [6.07, 6.45) is 1.81. The SMILES string of the molecule is CC1CC(CN)CN1C1CCS(=O)(=O)c2ccccc21. The Bertz CT molecular complexity index is 600. The largest absolute Gasteiger partial charge is 0.330 e. The van der Waals surface area contributed by atoms with Crippen LogP contribution in [0.25, 0.3) is 0 Å². The van der Waals surface area contributed by atoms with Crippen LogP contribution in [0.4, 0.5) is 0 Å². The third-order valence-corrected chi connectivity index (χ3v) is 6.53. The maximum atomic E-state index is 12.2. The number of hydrogen-bond donors (Lipinski definition) is 1. The molecule has 3 rings (SSSR count). The summed E-state index contributed by atoms with van der Waals surface area (Å²) < 4.78 is 24.4. The van der Waals surface area contributed by atoms with Gasteiger partial charge in [0.2, 0.25) is 0 Å². The highest BCUT2D eigenvalue weighted by Crippen LogP contribution is 2.40. The van der Waals surface area contributed by atoms with Crippen LogP contribution in [0.15, 0.2) is 29.2 Å². The second-order valence-corrected chi connectivity index (χ2v) is 8.12. The minimum Gasteiger partial charge on any atom is -0.330 e. The normalized spacial score (nSPS) is 33.0. The number of nitrogens with zero attached hydrogens (tertiary/aromatic N) is 1. The molecular weight excluding hydrogens is 272 g/mol. The van der Waals surface area contributed by atoms with Crippen molar-refractivity contribution in [3.8, 4) is 0 Å². The highest BCUT2D eigenvalue weighted by atomic mass is 32.2. The number of nitrogens with two attached hydrogens (primary N) is 1. The Morgan fingerprint density at radius 3 is 2.80 bits per heavy atom. The van der Waals surface area contributed by atoms with Gasteiger partial charge in [-0.1, -0.05) is 18.2 Å². The van der Waals surface area contributed by atoms with Gasteiger partial charge in [0.25, 0.3) is 0 Å². The molecule has 1 aromatic carbocycles. The lowest BCUT2D eigenvalue weighted by molar-refractivity contribution is 0.178. The summed E-state index contributed by atoms with van der Waals surface area (Å²) in [7, 11) is -3.09. The average Bonchev–Trinajstić information content (AvgIpc) is 2.80. The first kappa shape index (κ1) is 14.0. The van der Waals surface area contributed by atoms with E-state index in [1.54, 1.807) is 6.07 Å². The molecule has 0 aliphatic carbocycles. The van der Waals surface area contributed by atoms with Crippen LogP contribution in [0.1, 0.15) is 31.4 Å². The van der Waals surface area contributed by atoms with Gasteiger partial charge in [-0.25, -0.2) is 8.42 Å². The third-order valence-electron chi connectivity index (χ3n) is 4.72. The summed E-state index contributed by atoms with van der Waals surface area (Å²) in [4.78, 5) is 2.98. The molecule has 0 amide bonds. The molecule has 1 fully saturated rings. The summed E-state index contributed by atoms with van der Waals surface area (Å²) in [6.45, 7) is 3.92. The quantitative estimate of drug-likeness (QED) is 0.899. The van der Waals surface area contributed by atoms with Crippen LogP contribution in [0.2, 0.25) is 0 Å². The van der Waals surface area contributed by atoms with Crippen molar-refractivity contribution in [2.75, 3.05) is 18.8 Å². The van der Waals surface area contributed by atoms with E-state index in [1.807, 2.05) is 18.2 Å². The molecule has 2 N–H and O–H groups in total. The van der Waals surface area contributed by atoms with Crippen molar-refractivity contribution in [1.29, 1.82) is 0 Å². The first-order chi connectivity index (χ1) is 9.53. The highest BCUT2D eigenvalue weighted by molar-refractivity contribution is 7.91. The zero-order valence-electron chi connectivity index (χ0n) is 11.8. The van der Waals surface area contributed by atoms with Gasteiger partial charge in [0, 0.05) is 18.6 Å². The monoisotopic (exact) mass is 294 g/mol. The van der Waals surface area contributed by atoms with Crippen molar-refractivity contribution in [2.24, 2.45) is 11.7 Å². The molecule has 3 unspecified atom stereocenters. The summed E-state index contributed by atoms with van der Waals surface area (Å²) in [6, 6.07) is 8.17. The number of fused-ring (bicyclic) bond motifs is 1. The van der Waals surface area contributed by atoms with E-state index in [0.29, 0.717) is 29.8 Å². The van der Waals surface area contributed by atoms with Crippen LogP contribution >= 0.6 is 0 Å². The van der Waals surface area contributed by atoms with Crippen LogP contribution in [0.5, 0.6) is 0 Å². The van der Waals surface area contributed by atoms with Gasteiger partial charge < -0.3 is 5.73 Å². The first-order valence-corrected chi connectivity index (χ1v) is 8.95. The van der Waals surface area contributed by atoms with Gasteiger partial charge in [0.1, 0.15) is 0 Å².